The van der Waals surface area contributed by atoms with Crippen LogP contribution >= 0.6 is 23.5 Å². The number of hydrogen-bond acceptors (Lipinski definition) is 5. The van der Waals surface area contributed by atoms with Gasteiger partial charge in [0.15, 0.2) is 0 Å². The van der Waals surface area contributed by atoms with Crippen LogP contribution in [0.3, 0.4) is 0 Å². The number of fused-ring (bicyclic) bond motifs is 3. The Labute approximate surface area is 299 Å². The fourth-order valence-electron chi connectivity index (χ4n) is 6.24. The van der Waals surface area contributed by atoms with Crippen LogP contribution in [0.25, 0.3) is 44.4 Å². The van der Waals surface area contributed by atoms with E-state index in [9.17, 15) is 0 Å². The molecule has 0 saturated heterocycles. The van der Waals surface area contributed by atoms with E-state index in [1.807, 2.05) is 41.2 Å². The summed E-state index contributed by atoms with van der Waals surface area (Å²) in [7, 11) is 0. The molecule has 0 atom stereocenters. The van der Waals surface area contributed by atoms with Crippen molar-refractivity contribution >= 4 is 45.3 Å². The number of benzene rings is 4. The van der Waals surface area contributed by atoms with Gasteiger partial charge in [0.25, 0.3) is 0 Å². The first-order valence-electron chi connectivity index (χ1n) is 15.2. The normalized spacial score (nSPS) is 11.3. The molecule has 4 aromatic carbocycles. The summed E-state index contributed by atoms with van der Waals surface area (Å²) in [6.07, 6.45) is 6.05. The van der Waals surface area contributed by atoms with Crippen molar-refractivity contribution in [3.63, 3.8) is 0 Å². The van der Waals surface area contributed by atoms with Crippen molar-refractivity contribution in [3.05, 3.63) is 119 Å². The molecule has 7 aromatic rings. The molecule has 3 aromatic heterocycles. The molecule has 0 bridgehead atoms. The van der Waals surface area contributed by atoms with Gasteiger partial charge in [0, 0.05) is 28.8 Å². The number of ether oxygens (including phenoxy) is 1. The second-order valence-corrected chi connectivity index (χ2v) is 13.2. The van der Waals surface area contributed by atoms with Gasteiger partial charge in [0.05, 0.1) is 0 Å². The molecule has 7 rings (SSSR count). The summed E-state index contributed by atoms with van der Waals surface area (Å²) in [5.41, 5.74) is 11.6. The molecule has 0 aliphatic heterocycles. The molecule has 0 aliphatic rings. The number of aryl methyl sites for hydroxylation is 3. The standard InChI is InChI=1S/C39H34N4OS2.Pt/c1-23-17-18-40-35(19-23)42-33-14-9-8-13-31(33)32-16-15-30(22-34(32)42)44-29-12-10-11-28(21-29)43-39(46-7)37(38(41-43)45-6)36-26(4)24(2)20-25(3)27(36)5;/h8-20H,1-7H3;/q-2;+2. The summed E-state index contributed by atoms with van der Waals surface area (Å²) >= 11 is 3.37. The van der Waals surface area contributed by atoms with Crippen LogP contribution in [0.2, 0.25) is 0 Å². The first-order chi connectivity index (χ1) is 22.3. The summed E-state index contributed by atoms with van der Waals surface area (Å²) in [6, 6.07) is 31.8. The molecule has 0 aliphatic carbocycles. The van der Waals surface area contributed by atoms with E-state index in [2.05, 4.69) is 106 Å². The monoisotopic (exact) mass is 833 g/mol. The number of nitrogens with zero attached hydrogens (tertiary/aromatic N) is 4. The maximum atomic E-state index is 6.45. The molecule has 47 heavy (non-hydrogen) atoms. The predicted molar refractivity (Wildman–Crippen MR) is 193 cm³/mol. The maximum absolute atomic E-state index is 6.45. The summed E-state index contributed by atoms with van der Waals surface area (Å²) in [6.45, 7) is 10.9. The average molecular weight is 834 g/mol. The van der Waals surface area contributed by atoms with E-state index in [4.69, 9.17) is 14.8 Å². The SMILES string of the molecule is CSc1nn(-c2[c-]c(Oc3[c-]c4c(cc3)c3ccccc3n4-c3cc(C)ccn3)ccc2)c(SC)c1-c1c(C)c(C)cc(C)c1C.[Pt+2]. The number of para-hydroxylation sites is 1. The minimum absolute atomic E-state index is 0. The van der Waals surface area contributed by atoms with Crippen molar-refractivity contribution < 1.29 is 25.8 Å². The Morgan fingerprint density at radius 1 is 0.723 bits per heavy atom. The zero-order chi connectivity index (χ0) is 32.1. The number of pyridine rings is 1. The maximum Gasteiger partial charge on any atom is 2.00 e. The van der Waals surface area contributed by atoms with Gasteiger partial charge in [-0.25, -0.2) is 4.98 Å². The third kappa shape index (κ3) is 5.83. The van der Waals surface area contributed by atoms with Crippen LogP contribution in [-0.4, -0.2) is 31.8 Å². The Balaban J connectivity index is 0.00000386. The van der Waals surface area contributed by atoms with E-state index in [0.29, 0.717) is 11.5 Å². The van der Waals surface area contributed by atoms with E-state index in [1.54, 1.807) is 23.5 Å². The number of hydrogen-bond donors (Lipinski definition) is 0. The quantitative estimate of drug-likeness (QED) is 0.118. The molecule has 0 amide bonds. The average Bonchev–Trinajstić information content (AvgIpc) is 3.59. The number of aromatic nitrogens is 4. The van der Waals surface area contributed by atoms with E-state index >= 15 is 0 Å². The second kappa shape index (κ2) is 13.4. The molecule has 3 heterocycles. The summed E-state index contributed by atoms with van der Waals surface area (Å²) < 4.78 is 10.6. The number of thioether (sulfide) groups is 2. The van der Waals surface area contributed by atoms with Crippen molar-refractivity contribution in [2.75, 3.05) is 12.5 Å². The molecule has 5 nitrogen and oxygen atoms in total. The van der Waals surface area contributed by atoms with Gasteiger partial charge in [-0.1, -0.05) is 29.8 Å². The minimum Gasteiger partial charge on any atom is -0.509 e. The second-order valence-electron chi connectivity index (χ2n) is 11.6. The van der Waals surface area contributed by atoms with Crippen molar-refractivity contribution in [2.45, 2.75) is 44.7 Å². The van der Waals surface area contributed by atoms with Crippen LogP contribution in [0.5, 0.6) is 11.5 Å². The summed E-state index contributed by atoms with van der Waals surface area (Å²) in [5.74, 6) is 2.05. The van der Waals surface area contributed by atoms with Crippen molar-refractivity contribution in [3.8, 4) is 34.1 Å². The fraction of sp³-hybridized carbons (Fsp3) is 0.179. The van der Waals surface area contributed by atoms with E-state index < -0.39 is 0 Å². The van der Waals surface area contributed by atoms with Gasteiger partial charge in [-0.2, -0.15) is 17.2 Å². The Kier molecular flexibility index (Phi) is 9.44. The van der Waals surface area contributed by atoms with Crippen molar-refractivity contribution in [2.24, 2.45) is 0 Å². The zero-order valence-electron chi connectivity index (χ0n) is 27.3. The molecule has 0 spiro atoms. The van der Waals surface area contributed by atoms with Crippen molar-refractivity contribution in [1.29, 1.82) is 0 Å². The van der Waals surface area contributed by atoms with Crippen LogP contribution in [-0.2, 0) is 21.1 Å². The van der Waals surface area contributed by atoms with Crippen LogP contribution in [0, 0.1) is 46.8 Å². The molecule has 238 valence electrons. The molecular formula is C39H34N4OPtS2. The van der Waals surface area contributed by atoms with Gasteiger partial charge in [0.2, 0.25) is 0 Å². The minimum atomic E-state index is 0. The Bertz CT molecular complexity index is 2260. The molecule has 0 fully saturated rings. The van der Waals surface area contributed by atoms with Gasteiger partial charge in [-0.15, -0.1) is 59.2 Å². The molecule has 8 heteroatoms. The molecule has 0 radical (unpaired) electrons. The van der Waals surface area contributed by atoms with E-state index in [0.717, 1.165) is 48.9 Å². The molecular weight excluding hydrogens is 800 g/mol. The Morgan fingerprint density at radius 3 is 2.19 bits per heavy atom. The molecule has 0 N–H and O–H groups in total. The van der Waals surface area contributed by atoms with Crippen LogP contribution in [0.15, 0.2) is 89.0 Å². The Hall–Kier alpha value is -3.77. The smallest absolute Gasteiger partial charge is 0.509 e. The van der Waals surface area contributed by atoms with E-state index in [-0.39, 0.29) is 21.1 Å². The molecule has 0 saturated carbocycles. The van der Waals surface area contributed by atoms with Gasteiger partial charge >= 0.3 is 21.1 Å². The van der Waals surface area contributed by atoms with Crippen LogP contribution in [0.1, 0.15) is 27.8 Å². The molecule has 0 unspecified atom stereocenters. The van der Waals surface area contributed by atoms with Gasteiger partial charge in [-0.3, -0.25) is 4.68 Å². The fourth-order valence-corrected chi connectivity index (χ4v) is 7.58. The van der Waals surface area contributed by atoms with Crippen molar-refractivity contribution in [1.82, 2.24) is 19.3 Å². The first kappa shape index (κ1) is 33.1. The van der Waals surface area contributed by atoms with Gasteiger partial charge in [-0.05, 0) is 110 Å². The topological polar surface area (TPSA) is 44.9 Å². The number of rotatable bonds is 7. The predicted octanol–water partition coefficient (Wildman–Crippen LogP) is 10.4. The summed E-state index contributed by atoms with van der Waals surface area (Å²) in [4.78, 5) is 4.70. The Morgan fingerprint density at radius 2 is 1.47 bits per heavy atom. The first-order valence-corrected chi connectivity index (χ1v) is 17.6. The van der Waals surface area contributed by atoms with Crippen LogP contribution in [0.4, 0.5) is 0 Å². The van der Waals surface area contributed by atoms with Crippen LogP contribution < -0.4 is 4.74 Å². The summed E-state index contributed by atoms with van der Waals surface area (Å²) in [5, 5.41) is 9.43. The third-order valence-electron chi connectivity index (χ3n) is 8.70. The van der Waals surface area contributed by atoms with Gasteiger partial charge in [0.1, 0.15) is 15.9 Å². The van der Waals surface area contributed by atoms with E-state index in [1.165, 1.54) is 33.4 Å². The largest absolute Gasteiger partial charge is 2.00 e. The third-order valence-corrected chi connectivity index (χ3v) is 10.1. The van der Waals surface area contributed by atoms with Gasteiger partial charge < -0.3 is 9.30 Å². The zero-order valence-corrected chi connectivity index (χ0v) is 31.2.